The molecule has 0 unspecified atom stereocenters. The lowest BCUT2D eigenvalue weighted by atomic mass is 10.1. The Labute approximate surface area is 133 Å². The highest BCUT2D eigenvalue weighted by Crippen LogP contribution is 2.29. The van der Waals surface area contributed by atoms with Crippen molar-refractivity contribution in [2.75, 3.05) is 7.05 Å². The maximum Gasteiger partial charge on any atom is 0.416 e. The average molecular weight is 321 g/mol. The number of amides is 1. The van der Waals surface area contributed by atoms with Crippen molar-refractivity contribution in [3.8, 4) is 0 Å². The number of alkyl halides is 3. The molecule has 0 aliphatic heterocycles. The van der Waals surface area contributed by atoms with Gasteiger partial charge in [-0.05, 0) is 29.7 Å². The van der Waals surface area contributed by atoms with Crippen LogP contribution in [0.5, 0.6) is 0 Å². The van der Waals surface area contributed by atoms with Crippen molar-refractivity contribution in [2.24, 2.45) is 0 Å². The predicted molar refractivity (Wildman–Crippen MR) is 82.8 cm³/mol. The molecule has 0 bridgehead atoms. The summed E-state index contributed by atoms with van der Waals surface area (Å²) in [5.74, 6) is -0.215. The fourth-order valence-corrected chi connectivity index (χ4v) is 2.30. The molecule has 0 aliphatic carbocycles. The Kier molecular flexibility index (Phi) is 5.08. The van der Waals surface area contributed by atoms with E-state index < -0.39 is 11.7 Å². The Bertz CT molecular complexity index is 695. The molecule has 2 rings (SSSR count). The first-order chi connectivity index (χ1) is 10.8. The fourth-order valence-electron chi connectivity index (χ4n) is 2.30. The molecule has 0 spiro atoms. The monoisotopic (exact) mass is 321 g/mol. The molecular formula is C18H18F3NO. The number of rotatable bonds is 4. The van der Waals surface area contributed by atoms with E-state index in [-0.39, 0.29) is 12.3 Å². The quantitative estimate of drug-likeness (QED) is 0.826. The molecule has 0 saturated heterocycles. The number of hydrogen-bond donors (Lipinski definition) is 0. The minimum Gasteiger partial charge on any atom is -0.341 e. The highest BCUT2D eigenvalue weighted by Gasteiger charge is 2.30. The van der Waals surface area contributed by atoms with Crippen LogP contribution in [0, 0.1) is 6.92 Å². The number of hydrogen-bond acceptors (Lipinski definition) is 1. The molecule has 2 aromatic rings. The molecule has 1 amide bonds. The third-order valence-electron chi connectivity index (χ3n) is 3.70. The van der Waals surface area contributed by atoms with E-state index in [1.54, 1.807) is 7.05 Å². The smallest absolute Gasteiger partial charge is 0.341 e. The molecular weight excluding hydrogens is 303 g/mol. The van der Waals surface area contributed by atoms with Gasteiger partial charge in [-0.3, -0.25) is 4.79 Å². The average Bonchev–Trinajstić information content (AvgIpc) is 2.49. The third kappa shape index (κ3) is 4.58. The van der Waals surface area contributed by atoms with E-state index in [1.807, 2.05) is 31.2 Å². The van der Waals surface area contributed by atoms with Gasteiger partial charge in [-0.1, -0.05) is 42.5 Å². The van der Waals surface area contributed by atoms with Crippen molar-refractivity contribution in [1.29, 1.82) is 0 Å². The highest BCUT2D eigenvalue weighted by molar-refractivity contribution is 5.78. The van der Waals surface area contributed by atoms with E-state index in [2.05, 4.69) is 0 Å². The van der Waals surface area contributed by atoms with Gasteiger partial charge in [0, 0.05) is 13.6 Å². The lowest BCUT2D eigenvalue weighted by Crippen LogP contribution is -2.28. The normalized spacial score (nSPS) is 11.3. The molecule has 0 saturated carbocycles. The lowest BCUT2D eigenvalue weighted by Gasteiger charge is -2.19. The molecule has 23 heavy (non-hydrogen) atoms. The second-order valence-electron chi connectivity index (χ2n) is 5.55. The van der Waals surface area contributed by atoms with Gasteiger partial charge in [0.1, 0.15) is 0 Å². The molecule has 122 valence electrons. The van der Waals surface area contributed by atoms with Crippen LogP contribution in [0.25, 0.3) is 0 Å². The Morgan fingerprint density at radius 1 is 1.09 bits per heavy atom. The molecule has 0 atom stereocenters. The Balaban J connectivity index is 2.06. The van der Waals surface area contributed by atoms with Gasteiger partial charge < -0.3 is 4.90 Å². The molecule has 0 heterocycles. The van der Waals surface area contributed by atoms with Crippen LogP contribution >= 0.6 is 0 Å². The van der Waals surface area contributed by atoms with Crippen LogP contribution in [0.4, 0.5) is 13.2 Å². The van der Waals surface area contributed by atoms with Crippen molar-refractivity contribution in [1.82, 2.24) is 4.90 Å². The molecule has 0 radical (unpaired) electrons. The van der Waals surface area contributed by atoms with Crippen LogP contribution < -0.4 is 0 Å². The van der Waals surface area contributed by atoms with Crippen LogP contribution in [-0.2, 0) is 23.9 Å². The highest BCUT2D eigenvalue weighted by atomic mass is 19.4. The lowest BCUT2D eigenvalue weighted by molar-refractivity contribution is -0.138. The molecule has 0 N–H and O–H groups in total. The zero-order chi connectivity index (χ0) is 17.0. The summed E-state index contributed by atoms with van der Waals surface area (Å²) in [7, 11) is 1.66. The topological polar surface area (TPSA) is 20.3 Å². The fraction of sp³-hybridized carbons (Fsp3) is 0.278. The maximum absolute atomic E-state index is 12.7. The van der Waals surface area contributed by atoms with E-state index in [1.165, 1.54) is 17.0 Å². The first-order valence-corrected chi connectivity index (χ1v) is 7.22. The number of carbonyl (C=O) groups excluding carboxylic acids is 1. The van der Waals surface area contributed by atoms with Crippen molar-refractivity contribution < 1.29 is 18.0 Å². The zero-order valence-electron chi connectivity index (χ0n) is 13.0. The molecule has 2 nitrogen and oxygen atoms in total. The van der Waals surface area contributed by atoms with E-state index in [9.17, 15) is 18.0 Å². The largest absolute Gasteiger partial charge is 0.416 e. The second kappa shape index (κ2) is 6.86. The summed E-state index contributed by atoms with van der Waals surface area (Å²) in [4.78, 5) is 13.8. The van der Waals surface area contributed by atoms with E-state index in [0.717, 1.165) is 23.3 Å². The summed E-state index contributed by atoms with van der Waals surface area (Å²) < 4.78 is 38.1. The Morgan fingerprint density at radius 3 is 2.43 bits per heavy atom. The molecule has 5 heteroatoms. The van der Waals surface area contributed by atoms with Crippen LogP contribution in [-0.4, -0.2) is 17.9 Å². The van der Waals surface area contributed by atoms with Crippen LogP contribution in [0.2, 0.25) is 0 Å². The van der Waals surface area contributed by atoms with Gasteiger partial charge >= 0.3 is 6.18 Å². The van der Waals surface area contributed by atoms with Gasteiger partial charge in [-0.15, -0.1) is 0 Å². The van der Waals surface area contributed by atoms with Gasteiger partial charge in [0.15, 0.2) is 0 Å². The summed E-state index contributed by atoms with van der Waals surface area (Å²) in [5, 5.41) is 0. The van der Waals surface area contributed by atoms with Gasteiger partial charge in [0.2, 0.25) is 5.91 Å². The molecule has 2 aromatic carbocycles. The van der Waals surface area contributed by atoms with Gasteiger partial charge in [-0.25, -0.2) is 0 Å². The van der Waals surface area contributed by atoms with Crippen molar-refractivity contribution >= 4 is 5.91 Å². The van der Waals surface area contributed by atoms with Crippen LogP contribution in [0.1, 0.15) is 22.3 Å². The number of halogens is 3. The maximum atomic E-state index is 12.7. The van der Waals surface area contributed by atoms with Gasteiger partial charge in [0.25, 0.3) is 0 Å². The number of likely N-dealkylation sites (N-methyl/N-ethyl adjacent to an activating group) is 1. The number of nitrogens with zero attached hydrogens (tertiary/aromatic N) is 1. The van der Waals surface area contributed by atoms with Crippen LogP contribution in [0.15, 0.2) is 48.5 Å². The van der Waals surface area contributed by atoms with Crippen molar-refractivity contribution in [3.63, 3.8) is 0 Å². The summed E-state index contributed by atoms with van der Waals surface area (Å²) in [5.41, 5.74) is 1.73. The first kappa shape index (κ1) is 17.1. The van der Waals surface area contributed by atoms with Crippen molar-refractivity contribution in [3.05, 3.63) is 70.8 Å². The first-order valence-electron chi connectivity index (χ1n) is 7.22. The number of aryl methyl sites for hydroxylation is 1. The summed E-state index contributed by atoms with van der Waals surface area (Å²) in [6, 6.07) is 12.6. The van der Waals surface area contributed by atoms with Crippen molar-refractivity contribution in [2.45, 2.75) is 26.1 Å². The Hall–Kier alpha value is -2.30. The van der Waals surface area contributed by atoms with Gasteiger partial charge in [0.05, 0.1) is 12.0 Å². The molecule has 0 aliphatic rings. The standard InChI is InChI=1S/C18H18F3NO/c1-13-6-3-4-8-15(13)12-22(2)17(23)11-14-7-5-9-16(10-14)18(19,20)21/h3-10H,11-12H2,1-2H3. The Morgan fingerprint density at radius 2 is 1.78 bits per heavy atom. The predicted octanol–water partition coefficient (Wildman–Crippen LogP) is 4.21. The zero-order valence-corrected chi connectivity index (χ0v) is 13.0. The summed E-state index contributed by atoms with van der Waals surface area (Å²) in [6.07, 6.45) is -4.45. The number of benzene rings is 2. The van der Waals surface area contributed by atoms with Gasteiger partial charge in [-0.2, -0.15) is 13.2 Å². The number of carbonyl (C=O) groups is 1. The molecule has 0 fully saturated rings. The van der Waals surface area contributed by atoms with E-state index in [0.29, 0.717) is 12.1 Å². The molecule has 0 aromatic heterocycles. The van der Waals surface area contributed by atoms with Crippen LogP contribution in [0.3, 0.4) is 0 Å². The second-order valence-corrected chi connectivity index (χ2v) is 5.55. The van der Waals surface area contributed by atoms with E-state index in [4.69, 9.17) is 0 Å². The minimum absolute atomic E-state index is 0.0493. The summed E-state index contributed by atoms with van der Waals surface area (Å²) >= 11 is 0. The van der Waals surface area contributed by atoms with E-state index >= 15 is 0 Å². The SMILES string of the molecule is Cc1ccccc1CN(C)C(=O)Cc1cccc(C(F)(F)F)c1. The summed E-state index contributed by atoms with van der Waals surface area (Å²) in [6.45, 7) is 2.39. The third-order valence-corrected chi connectivity index (χ3v) is 3.70. The minimum atomic E-state index is -4.40.